The highest BCUT2D eigenvalue weighted by Crippen LogP contribution is 2.40. The maximum absolute atomic E-state index is 5.25. The first-order valence-corrected chi connectivity index (χ1v) is 18.5. The van der Waals surface area contributed by atoms with Gasteiger partial charge in [-0.15, -0.1) is 0 Å². The molecule has 10 rings (SSSR count). The lowest BCUT2D eigenvalue weighted by atomic mass is 9.90. The van der Waals surface area contributed by atoms with Gasteiger partial charge in [-0.1, -0.05) is 176 Å². The van der Waals surface area contributed by atoms with E-state index in [1.165, 1.54) is 33.0 Å². The number of aromatic nitrogens is 4. The highest BCUT2D eigenvalue weighted by molar-refractivity contribution is 6.09. The minimum Gasteiger partial charge on any atom is -0.309 e. The maximum atomic E-state index is 5.25. The molecule has 0 aliphatic heterocycles. The molecule has 0 bridgehead atoms. The van der Waals surface area contributed by atoms with E-state index in [-0.39, 0.29) is 0 Å². The lowest BCUT2D eigenvalue weighted by molar-refractivity contribution is 1.06. The molecule has 258 valence electrons. The van der Waals surface area contributed by atoms with E-state index in [1.807, 2.05) is 36.4 Å². The van der Waals surface area contributed by atoms with Crippen molar-refractivity contribution in [2.45, 2.75) is 0 Å². The van der Waals surface area contributed by atoms with Crippen molar-refractivity contribution in [3.8, 4) is 73.2 Å². The van der Waals surface area contributed by atoms with Crippen LogP contribution in [-0.4, -0.2) is 19.5 Å². The smallest absolute Gasteiger partial charge is 0.166 e. The predicted molar refractivity (Wildman–Crippen MR) is 227 cm³/mol. The number of hydrogen-bond acceptors (Lipinski definition) is 3. The molecule has 2 heterocycles. The van der Waals surface area contributed by atoms with E-state index in [1.54, 1.807) is 0 Å². The van der Waals surface area contributed by atoms with Gasteiger partial charge in [0.25, 0.3) is 0 Å². The average Bonchev–Trinajstić information content (AvgIpc) is 3.61. The van der Waals surface area contributed by atoms with Crippen LogP contribution in [0.15, 0.2) is 206 Å². The zero-order valence-electron chi connectivity index (χ0n) is 29.9. The molecular formula is C51H34N4. The van der Waals surface area contributed by atoms with E-state index in [9.17, 15) is 0 Å². The molecule has 0 unspecified atom stereocenters. The maximum Gasteiger partial charge on any atom is 0.166 e. The molecule has 0 saturated carbocycles. The van der Waals surface area contributed by atoms with Crippen LogP contribution in [0.4, 0.5) is 0 Å². The molecule has 4 heteroatoms. The highest BCUT2D eigenvalue weighted by Gasteiger charge is 2.21. The van der Waals surface area contributed by atoms with Crippen molar-refractivity contribution in [2.24, 2.45) is 0 Å². The highest BCUT2D eigenvalue weighted by atomic mass is 15.1. The van der Waals surface area contributed by atoms with Crippen molar-refractivity contribution in [3.05, 3.63) is 206 Å². The van der Waals surface area contributed by atoms with Crippen LogP contribution < -0.4 is 0 Å². The molecule has 0 atom stereocenters. The zero-order chi connectivity index (χ0) is 36.6. The van der Waals surface area contributed by atoms with Gasteiger partial charge in [0.05, 0.1) is 16.7 Å². The first-order valence-electron chi connectivity index (χ1n) is 18.5. The van der Waals surface area contributed by atoms with Crippen LogP contribution in [-0.2, 0) is 0 Å². The van der Waals surface area contributed by atoms with Crippen molar-refractivity contribution < 1.29 is 0 Å². The Morgan fingerprint density at radius 1 is 0.273 bits per heavy atom. The first-order chi connectivity index (χ1) is 27.3. The average molecular weight is 703 g/mol. The topological polar surface area (TPSA) is 43.6 Å². The SMILES string of the molecule is c1ccc(-c2nc(-c3ccccc3)nc(-c3cc(-c4ccc(-c5ccccc5)c(-c5ccccc5)c4)ccc3-n3c4ccccc4c4ccccc43)n2)cc1. The normalized spacial score (nSPS) is 11.3. The van der Waals surface area contributed by atoms with E-state index in [2.05, 4.69) is 174 Å². The van der Waals surface area contributed by atoms with Gasteiger partial charge >= 0.3 is 0 Å². The Morgan fingerprint density at radius 3 is 1.20 bits per heavy atom. The molecule has 0 N–H and O–H groups in total. The fourth-order valence-corrected chi connectivity index (χ4v) is 7.65. The van der Waals surface area contributed by atoms with Crippen molar-refractivity contribution in [2.75, 3.05) is 0 Å². The second-order valence-corrected chi connectivity index (χ2v) is 13.6. The third kappa shape index (κ3) is 5.96. The molecule has 0 aliphatic carbocycles. The summed E-state index contributed by atoms with van der Waals surface area (Å²) in [5.74, 6) is 1.86. The fraction of sp³-hybridized carbons (Fsp3) is 0. The fourth-order valence-electron chi connectivity index (χ4n) is 7.65. The number of hydrogen-bond donors (Lipinski definition) is 0. The van der Waals surface area contributed by atoms with Crippen LogP contribution in [0.3, 0.4) is 0 Å². The van der Waals surface area contributed by atoms with Gasteiger partial charge < -0.3 is 4.57 Å². The Bertz CT molecular complexity index is 2840. The van der Waals surface area contributed by atoms with Gasteiger partial charge in [-0.25, -0.2) is 15.0 Å². The standard InChI is InChI=1S/C51H34N4/c1-5-17-35(18-6-1)41-31-29-39(33-44(41)36-19-7-2-8-20-36)40-30-32-48(55-46-27-15-13-25-42(46)43-26-14-16-28-47(43)55)45(34-40)51-53-49(37-21-9-3-10-22-37)52-50(54-51)38-23-11-4-12-24-38/h1-34H. The van der Waals surface area contributed by atoms with E-state index in [4.69, 9.17) is 15.0 Å². The van der Waals surface area contributed by atoms with Gasteiger partial charge in [-0.2, -0.15) is 0 Å². The summed E-state index contributed by atoms with van der Waals surface area (Å²) in [5, 5.41) is 2.39. The monoisotopic (exact) mass is 702 g/mol. The Kier molecular flexibility index (Phi) is 8.12. The second-order valence-electron chi connectivity index (χ2n) is 13.6. The number of nitrogens with zero attached hydrogens (tertiary/aromatic N) is 4. The van der Waals surface area contributed by atoms with Gasteiger partial charge in [0, 0.05) is 27.5 Å². The van der Waals surface area contributed by atoms with Crippen molar-refractivity contribution in [3.63, 3.8) is 0 Å². The van der Waals surface area contributed by atoms with Crippen LogP contribution in [0.25, 0.3) is 95.0 Å². The lowest BCUT2D eigenvalue weighted by Gasteiger charge is -2.17. The summed E-state index contributed by atoms with van der Waals surface area (Å²) in [7, 11) is 0. The summed E-state index contributed by atoms with van der Waals surface area (Å²) in [6.07, 6.45) is 0. The summed E-state index contributed by atoms with van der Waals surface area (Å²) in [6.45, 7) is 0. The summed E-state index contributed by atoms with van der Waals surface area (Å²) in [6, 6.07) is 72.3. The molecule has 0 spiro atoms. The summed E-state index contributed by atoms with van der Waals surface area (Å²) in [4.78, 5) is 15.5. The van der Waals surface area contributed by atoms with Gasteiger partial charge in [-0.3, -0.25) is 0 Å². The van der Waals surface area contributed by atoms with E-state index >= 15 is 0 Å². The van der Waals surface area contributed by atoms with Crippen LogP contribution in [0, 0.1) is 0 Å². The van der Waals surface area contributed by atoms with Crippen molar-refractivity contribution in [1.29, 1.82) is 0 Å². The molecule has 0 amide bonds. The molecule has 10 aromatic rings. The quantitative estimate of drug-likeness (QED) is 0.166. The second kappa shape index (κ2) is 13.8. The lowest BCUT2D eigenvalue weighted by Crippen LogP contribution is -2.04. The predicted octanol–water partition coefficient (Wildman–Crippen LogP) is 13.0. The van der Waals surface area contributed by atoms with E-state index < -0.39 is 0 Å². The Hall–Kier alpha value is -7.43. The molecule has 4 nitrogen and oxygen atoms in total. The van der Waals surface area contributed by atoms with Crippen LogP contribution >= 0.6 is 0 Å². The van der Waals surface area contributed by atoms with Gasteiger partial charge in [0.15, 0.2) is 17.5 Å². The Balaban J connectivity index is 1.25. The van der Waals surface area contributed by atoms with Crippen molar-refractivity contribution in [1.82, 2.24) is 19.5 Å². The number of benzene rings is 8. The largest absolute Gasteiger partial charge is 0.309 e. The van der Waals surface area contributed by atoms with Gasteiger partial charge in [0.2, 0.25) is 0 Å². The Labute approximate surface area is 319 Å². The number of rotatable bonds is 7. The third-order valence-electron chi connectivity index (χ3n) is 10.3. The number of fused-ring (bicyclic) bond motifs is 3. The van der Waals surface area contributed by atoms with Crippen LogP contribution in [0.2, 0.25) is 0 Å². The van der Waals surface area contributed by atoms with Gasteiger partial charge in [0.1, 0.15) is 0 Å². The summed E-state index contributed by atoms with van der Waals surface area (Å²) >= 11 is 0. The minimum atomic E-state index is 0.607. The molecule has 8 aromatic carbocycles. The summed E-state index contributed by atoms with van der Waals surface area (Å²) in [5.41, 5.74) is 12.9. The van der Waals surface area contributed by atoms with E-state index in [0.717, 1.165) is 44.5 Å². The molecule has 0 saturated heterocycles. The first kappa shape index (κ1) is 32.2. The molecular weight excluding hydrogens is 669 g/mol. The third-order valence-corrected chi connectivity index (χ3v) is 10.3. The zero-order valence-corrected chi connectivity index (χ0v) is 29.9. The molecule has 55 heavy (non-hydrogen) atoms. The van der Waals surface area contributed by atoms with Crippen LogP contribution in [0.5, 0.6) is 0 Å². The van der Waals surface area contributed by atoms with Crippen molar-refractivity contribution >= 4 is 21.8 Å². The minimum absolute atomic E-state index is 0.607. The van der Waals surface area contributed by atoms with Gasteiger partial charge in [-0.05, 0) is 63.7 Å². The summed E-state index contributed by atoms with van der Waals surface area (Å²) < 4.78 is 2.35. The van der Waals surface area contributed by atoms with Crippen LogP contribution in [0.1, 0.15) is 0 Å². The number of para-hydroxylation sites is 2. The van der Waals surface area contributed by atoms with E-state index in [0.29, 0.717) is 17.5 Å². The molecule has 2 aromatic heterocycles. The molecule has 0 aliphatic rings. The molecule has 0 radical (unpaired) electrons. The molecule has 0 fully saturated rings. The Morgan fingerprint density at radius 2 is 0.673 bits per heavy atom.